The van der Waals surface area contributed by atoms with Crippen LogP contribution in [-0.4, -0.2) is 50.0 Å². The third-order valence-electron chi connectivity index (χ3n) is 4.88. The van der Waals surface area contributed by atoms with Crippen LogP contribution in [-0.2, 0) is 14.3 Å². The first-order chi connectivity index (χ1) is 14.8. The molecule has 0 saturated carbocycles. The number of ether oxygens (including phenoxy) is 3. The predicted octanol–water partition coefficient (Wildman–Crippen LogP) is 2.39. The summed E-state index contributed by atoms with van der Waals surface area (Å²) in [5, 5.41) is 10.7. The van der Waals surface area contributed by atoms with E-state index in [4.69, 9.17) is 14.2 Å². The lowest BCUT2D eigenvalue weighted by Crippen LogP contribution is -2.27. The molecule has 0 bridgehead atoms. The molecule has 1 atom stereocenters. The minimum Gasteiger partial charge on any atom is -0.497 e. The Bertz CT molecular complexity index is 1020. The highest BCUT2D eigenvalue weighted by Crippen LogP contribution is 2.36. The minimum atomic E-state index is -0.743. The average Bonchev–Trinajstić information content (AvgIpc) is 3.18. The van der Waals surface area contributed by atoms with Gasteiger partial charge in [0.1, 0.15) is 11.5 Å². The second-order valence-corrected chi connectivity index (χ2v) is 6.78. The van der Waals surface area contributed by atoms with Gasteiger partial charge in [-0.1, -0.05) is 0 Å². The van der Waals surface area contributed by atoms with Crippen LogP contribution in [0, 0.1) is 16.0 Å². The third kappa shape index (κ3) is 4.80. The van der Waals surface area contributed by atoms with Crippen molar-refractivity contribution >= 4 is 29.0 Å². The monoisotopic (exact) mass is 428 g/mol. The minimum absolute atomic E-state index is 0.0646. The lowest BCUT2D eigenvalue weighted by molar-refractivity contribution is -0.384. The summed E-state index contributed by atoms with van der Waals surface area (Å²) >= 11 is 0. The number of esters is 1. The van der Waals surface area contributed by atoms with Crippen LogP contribution in [0.25, 0.3) is 0 Å². The zero-order valence-corrected chi connectivity index (χ0v) is 16.9. The van der Waals surface area contributed by atoms with Gasteiger partial charge in [0.15, 0.2) is 12.4 Å². The number of rotatable bonds is 8. The fraction of sp³-hybridized carbons (Fsp3) is 0.286. The number of Topliss-reactive ketones (excluding diaryl/α,β-unsaturated/α-hetero) is 1. The SMILES string of the molecule is COc1ccc(OC)c(N2C[C@H](C(=O)OCC(=O)c3ccc([N+](=O)[O-])cc3)CC2=O)c1. The number of anilines is 1. The summed E-state index contributed by atoms with van der Waals surface area (Å²) in [5.74, 6) is -1.21. The van der Waals surface area contributed by atoms with Crippen molar-refractivity contribution in [2.45, 2.75) is 6.42 Å². The molecule has 1 aliphatic heterocycles. The van der Waals surface area contributed by atoms with E-state index in [0.717, 1.165) is 0 Å². The molecule has 0 unspecified atom stereocenters. The van der Waals surface area contributed by atoms with Gasteiger partial charge in [-0.05, 0) is 24.3 Å². The van der Waals surface area contributed by atoms with E-state index in [1.54, 1.807) is 18.2 Å². The van der Waals surface area contributed by atoms with E-state index in [-0.39, 0.29) is 30.1 Å². The van der Waals surface area contributed by atoms with Gasteiger partial charge in [0.2, 0.25) is 5.91 Å². The van der Waals surface area contributed by atoms with Crippen molar-refractivity contribution in [2.75, 3.05) is 32.3 Å². The van der Waals surface area contributed by atoms with Crippen molar-refractivity contribution in [1.29, 1.82) is 0 Å². The number of nitrogens with zero attached hydrogens (tertiary/aromatic N) is 2. The summed E-state index contributed by atoms with van der Waals surface area (Å²) in [4.78, 5) is 48.7. The van der Waals surface area contributed by atoms with E-state index in [2.05, 4.69) is 0 Å². The predicted molar refractivity (Wildman–Crippen MR) is 108 cm³/mol. The fourth-order valence-corrected chi connectivity index (χ4v) is 3.21. The maximum Gasteiger partial charge on any atom is 0.311 e. The van der Waals surface area contributed by atoms with Gasteiger partial charge in [-0.25, -0.2) is 0 Å². The fourth-order valence-electron chi connectivity index (χ4n) is 3.21. The first-order valence-electron chi connectivity index (χ1n) is 9.30. The molecule has 3 rings (SSSR count). The van der Waals surface area contributed by atoms with Crippen molar-refractivity contribution in [3.8, 4) is 11.5 Å². The highest BCUT2D eigenvalue weighted by atomic mass is 16.6. The molecular weight excluding hydrogens is 408 g/mol. The molecular formula is C21H20N2O8. The van der Waals surface area contributed by atoms with Gasteiger partial charge in [0.05, 0.1) is 30.7 Å². The molecule has 0 N–H and O–H groups in total. The number of carbonyl (C=O) groups excluding carboxylic acids is 3. The zero-order chi connectivity index (χ0) is 22.5. The lowest BCUT2D eigenvalue weighted by Gasteiger charge is -2.20. The Hall–Kier alpha value is -3.95. The highest BCUT2D eigenvalue weighted by molar-refractivity contribution is 6.02. The molecule has 10 nitrogen and oxygen atoms in total. The number of methoxy groups -OCH3 is 2. The quantitative estimate of drug-likeness (QED) is 0.272. The van der Waals surface area contributed by atoms with E-state index in [9.17, 15) is 24.5 Å². The Kier molecular flexibility index (Phi) is 6.49. The van der Waals surface area contributed by atoms with Gasteiger partial charge >= 0.3 is 5.97 Å². The molecule has 0 radical (unpaired) electrons. The molecule has 0 aromatic heterocycles. The van der Waals surface area contributed by atoms with Crippen LogP contribution in [0.15, 0.2) is 42.5 Å². The van der Waals surface area contributed by atoms with Crippen molar-refractivity contribution in [1.82, 2.24) is 0 Å². The highest BCUT2D eigenvalue weighted by Gasteiger charge is 2.37. The van der Waals surface area contributed by atoms with E-state index in [1.807, 2.05) is 0 Å². The topological polar surface area (TPSA) is 125 Å². The summed E-state index contributed by atoms with van der Waals surface area (Å²) in [6.45, 7) is -0.448. The van der Waals surface area contributed by atoms with E-state index < -0.39 is 29.2 Å². The Morgan fingerprint density at radius 3 is 2.45 bits per heavy atom. The van der Waals surface area contributed by atoms with Crippen molar-refractivity contribution in [3.05, 3.63) is 58.1 Å². The molecule has 1 heterocycles. The zero-order valence-electron chi connectivity index (χ0n) is 16.9. The summed E-state index contributed by atoms with van der Waals surface area (Å²) in [7, 11) is 2.97. The molecule has 1 fully saturated rings. The average molecular weight is 428 g/mol. The first kappa shape index (κ1) is 21.8. The number of nitro groups is 1. The van der Waals surface area contributed by atoms with Crippen LogP contribution in [0.1, 0.15) is 16.8 Å². The van der Waals surface area contributed by atoms with Gasteiger partial charge in [0.25, 0.3) is 5.69 Å². The lowest BCUT2D eigenvalue weighted by atomic mass is 10.1. The number of hydrogen-bond donors (Lipinski definition) is 0. The van der Waals surface area contributed by atoms with Crippen LogP contribution in [0.2, 0.25) is 0 Å². The number of ketones is 1. The van der Waals surface area contributed by atoms with Crippen LogP contribution < -0.4 is 14.4 Å². The van der Waals surface area contributed by atoms with Crippen LogP contribution in [0.4, 0.5) is 11.4 Å². The normalized spacial score (nSPS) is 15.5. The number of non-ortho nitro benzene ring substituents is 1. The summed E-state index contributed by atoms with van der Waals surface area (Å²) in [5.41, 5.74) is 0.513. The van der Waals surface area contributed by atoms with Crippen LogP contribution in [0.5, 0.6) is 11.5 Å². The Morgan fingerprint density at radius 2 is 1.84 bits per heavy atom. The summed E-state index contributed by atoms with van der Waals surface area (Å²) < 4.78 is 15.6. The number of nitro benzene ring substituents is 1. The van der Waals surface area contributed by atoms with Gasteiger partial charge in [-0.3, -0.25) is 24.5 Å². The molecule has 10 heteroatoms. The summed E-state index contributed by atoms with van der Waals surface area (Å²) in [6.07, 6.45) is -0.0646. The second kappa shape index (κ2) is 9.24. The van der Waals surface area contributed by atoms with Gasteiger partial charge < -0.3 is 19.1 Å². The third-order valence-corrected chi connectivity index (χ3v) is 4.88. The molecule has 0 spiro atoms. The standard InChI is InChI=1S/C21H20N2O8/c1-29-16-7-8-19(30-2)17(10-16)22-11-14(9-20(22)25)21(26)31-12-18(24)13-3-5-15(6-4-13)23(27)28/h3-8,10,14H,9,11-12H2,1-2H3/t14-/m1/s1. The van der Waals surface area contributed by atoms with Crippen molar-refractivity contribution in [2.24, 2.45) is 5.92 Å². The maximum absolute atomic E-state index is 12.5. The summed E-state index contributed by atoms with van der Waals surface area (Å²) in [6, 6.07) is 9.99. The molecule has 1 amide bonds. The number of hydrogen-bond acceptors (Lipinski definition) is 8. The van der Waals surface area contributed by atoms with E-state index in [1.165, 1.54) is 43.4 Å². The van der Waals surface area contributed by atoms with Crippen molar-refractivity contribution in [3.63, 3.8) is 0 Å². The van der Waals surface area contributed by atoms with Crippen LogP contribution in [0.3, 0.4) is 0 Å². The van der Waals surface area contributed by atoms with Gasteiger partial charge in [0, 0.05) is 36.7 Å². The van der Waals surface area contributed by atoms with Crippen LogP contribution >= 0.6 is 0 Å². The first-order valence-corrected chi connectivity index (χ1v) is 9.30. The molecule has 0 aliphatic carbocycles. The van der Waals surface area contributed by atoms with Crippen molar-refractivity contribution < 1.29 is 33.5 Å². The molecule has 1 saturated heterocycles. The number of amides is 1. The smallest absolute Gasteiger partial charge is 0.311 e. The number of carbonyl (C=O) groups is 3. The van der Waals surface area contributed by atoms with Gasteiger partial charge in [-0.15, -0.1) is 0 Å². The van der Waals surface area contributed by atoms with E-state index >= 15 is 0 Å². The largest absolute Gasteiger partial charge is 0.497 e. The Balaban J connectivity index is 1.63. The molecule has 31 heavy (non-hydrogen) atoms. The van der Waals surface area contributed by atoms with E-state index in [0.29, 0.717) is 17.2 Å². The molecule has 2 aromatic carbocycles. The second-order valence-electron chi connectivity index (χ2n) is 6.78. The Morgan fingerprint density at radius 1 is 1.13 bits per heavy atom. The van der Waals surface area contributed by atoms with Gasteiger partial charge in [-0.2, -0.15) is 0 Å². The molecule has 1 aliphatic rings. The molecule has 162 valence electrons. The number of benzene rings is 2. The Labute approximate surface area is 177 Å². The molecule has 2 aromatic rings. The maximum atomic E-state index is 12.5.